The Hall–Kier alpha value is -3.39. The molecule has 0 fully saturated rings. The monoisotopic (exact) mass is 430 g/mol. The number of likely N-dealkylation sites (N-methyl/N-ethyl adjacent to an activating group) is 1. The summed E-state index contributed by atoms with van der Waals surface area (Å²) in [5.74, 6) is -0.979. The predicted octanol–water partition coefficient (Wildman–Crippen LogP) is 3.66. The highest BCUT2D eigenvalue weighted by Crippen LogP contribution is 2.27. The van der Waals surface area contributed by atoms with Crippen LogP contribution in [0.3, 0.4) is 0 Å². The molecular weight excluding hydrogens is 411 g/mol. The number of amides is 3. The van der Waals surface area contributed by atoms with Crippen LogP contribution in [0.4, 0.5) is 14.9 Å². The lowest BCUT2D eigenvalue weighted by Crippen LogP contribution is -2.43. The Kier molecular flexibility index (Phi) is 6.37. The van der Waals surface area contributed by atoms with E-state index in [1.54, 1.807) is 31.2 Å². The van der Waals surface area contributed by atoms with Crippen molar-refractivity contribution in [2.75, 3.05) is 18.9 Å². The van der Waals surface area contributed by atoms with E-state index in [9.17, 15) is 18.8 Å². The summed E-state index contributed by atoms with van der Waals surface area (Å²) in [5.41, 5.74) is 0.707. The van der Waals surface area contributed by atoms with Crippen molar-refractivity contribution in [2.24, 2.45) is 0 Å². The highest BCUT2D eigenvalue weighted by Gasteiger charge is 2.26. The molecule has 0 saturated carbocycles. The van der Waals surface area contributed by atoms with E-state index in [0.717, 1.165) is 6.07 Å². The molecule has 0 radical (unpaired) electrons. The fraction of sp³-hybridized carbons (Fsp3) is 0.190. The van der Waals surface area contributed by atoms with E-state index in [4.69, 9.17) is 11.6 Å². The van der Waals surface area contributed by atoms with Gasteiger partial charge in [-0.1, -0.05) is 29.8 Å². The summed E-state index contributed by atoms with van der Waals surface area (Å²) in [6.45, 7) is 1.52. The SMILES string of the molecule is CNC(=O)CN(C(=O)Nc1ccc(F)c(Cl)c1)[C@H](C)c1c[nH]c(=O)c2ccccc12. The van der Waals surface area contributed by atoms with Crippen LogP contribution in [-0.4, -0.2) is 35.4 Å². The maximum atomic E-state index is 13.4. The smallest absolute Gasteiger partial charge is 0.322 e. The number of carbonyl (C=O) groups excluding carboxylic acids is 2. The van der Waals surface area contributed by atoms with Crippen LogP contribution in [0.5, 0.6) is 0 Å². The summed E-state index contributed by atoms with van der Waals surface area (Å²) in [6.07, 6.45) is 1.54. The Morgan fingerprint density at radius 2 is 1.90 bits per heavy atom. The number of aromatic amines is 1. The van der Waals surface area contributed by atoms with Gasteiger partial charge in [0, 0.05) is 24.3 Å². The topological polar surface area (TPSA) is 94.3 Å². The Morgan fingerprint density at radius 3 is 2.57 bits per heavy atom. The molecule has 3 aromatic rings. The minimum Gasteiger partial charge on any atom is -0.358 e. The van der Waals surface area contributed by atoms with E-state index in [-0.39, 0.29) is 28.7 Å². The lowest BCUT2D eigenvalue weighted by Gasteiger charge is -2.29. The van der Waals surface area contributed by atoms with Gasteiger partial charge in [0.15, 0.2) is 0 Å². The van der Waals surface area contributed by atoms with Crippen LogP contribution in [0.1, 0.15) is 18.5 Å². The number of hydrogen-bond acceptors (Lipinski definition) is 3. The van der Waals surface area contributed by atoms with Crippen LogP contribution in [0, 0.1) is 5.82 Å². The molecular formula is C21H20ClFN4O3. The zero-order chi connectivity index (χ0) is 21.8. The normalized spacial score (nSPS) is 11.7. The quantitative estimate of drug-likeness (QED) is 0.576. The number of pyridine rings is 1. The highest BCUT2D eigenvalue weighted by atomic mass is 35.5. The fourth-order valence-electron chi connectivity index (χ4n) is 3.13. The number of nitrogens with one attached hydrogen (secondary N) is 3. The number of anilines is 1. The zero-order valence-corrected chi connectivity index (χ0v) is 17.1. The first kappa shape index (κ1) is 21.3. The van der Waals surface area contributed by atoms with Crippen LogP contribution >= 0.6 is 11.6 Å². The van der Waals surface area contributed by atoms with Crippen molar-refractivity contribution in [3.05, 3.63) is 75.4 Å². The second-order valence-corrected chi connectivity index (χ2v) is 7.06. The van der Waals surface area contributed by atoms with Gasteiger partial charge in [-0.15, -0.1) is 0 Å². The Bertz CT molecular complexity index is 1160. The zero-order valence-electron chi connectivity index (χ0n) is 16.3. The number of nitrogens with zero attached hydrogens (tertiary/aromatic N) is 1. The molecule has 1 heterocycles. The predicted molar refractivity (Wildman–Crippen MR) is 114 cm³/mol. The van der Waals surface area contributed by atoms with E-state index in [0.29, 0.717) is 16.3 Å². The van der Waals surface area contributed by atoms with Crippen LogP contribution in [0.15, 0.2) is 53.5 Å². The highest BCUT2D eigenvalue weighted by molar-refractivity contribution is 6.31. The van der Waals surface area contributed by atoms with Gasteiger partial charge in [-0.05, 0) is 42.1 Å². The molecule has 0 spiro atoms. The van der Waals surface area contributed by atoms with Gasteiger partial charge in [0.05, 0.1) is 11.1 Å². The maximum Gasteiger partial charge on any atom is 0.322 e. The van der Waals surface area contributed by atoms with E-state index < -0.39 is 17.9 Å². The Morgan fingerprint density at radius 1 is 1.20 bits per heavy atom. The number of benzene rings is 2. The first-order chi connectivity index (χ1) is 14.3. The second kappa shape index (κ2) is 8.96. The molecule has 3 amide bonds. The largest absolute Gasteiger partial charge is 0.358 e. The van der Waals surface area contributed by atoms with Gasteiger partial charge < -0.3 is 20.5 Å². The Labute approximate surface area is 176 Å². The molecule has 0 saturated heterocycles. The van der Waals surface area contributed by atoms with E-state index >= 15 is 0 Å². The molecule has 156 valence electrons. The van der Waals surface area contributed by atoms with Gasteiger partial charge in [-0.3, -0.25) is 9.59 Å². The number of carbonyl (C=O) groups is 2. The average Bonchev–Trinajstić information content (AvgIpc) is 2.74. The van der Waals surface area contributed by atoms with Gasteiger partial charge in [-0.2, -0.15) is 0 Å². The summed E-state index contributed by atoms with van der Waals surface area (Å²) < 4.78 is 13.4. The molecule has 0 aliphatic rings. The third-order valence-electron chi connectivity index (χ3n) is 4.78. The number of hydrogen-bond donors (Lipinski definition) is 3. The average molecular weight is 431 g/mol. The van der Waals surface area contributed by atoms with Crippen molar-refractivity contribution in [3.8, 4) is 0 Å². The lowest BCUT2D eigenvalue weighted by atomic mass is 10.0. The molecule has 1 aromatic heterocycles. The molecule has 9 heteroatoms. The molecule has 3 rings (SSSR count). The van der Waals surface area contributed by atoms with Crippen molar-refractivity contribution in [1.82, 2.24) is 15.2 Å². The van der Waals surface area contributed by atoms with E-state index in [1.807, 2.05) is 0 Å². The summed E-state index contributed by atoms with van der Waals surface area (Å²) in [7, 11) is 1.47. The molecule has 0 unspecified atom stereocenters. The molecule has 3 N–H and O–H groups in total. The lowest BCUT2D eigenvalue weighted by molar-refractivity contribution is -0.121. The minimum absolute atomic E-state index is 0.134. The van der Waals surface area contributed by atoms with Gasteiger partial charge in [0.2, 0.25) is 5.91 Å². The van der Waals surface area contributed by atoms with Crippen LogP contribution < -0.4 is 16.2 Å². The number of H-pyrrole nitrogens is 1. The van der Waals surface area contributed by atoms with Crippen LogP contribution in [0.25, 0.3) is 10.8 Å². The molecule has 30 heavy (non-hydrogen) atoms. The van der Waals surface area contributed by atoms with Gasteiger partial charge >= 0.3 is 6.03 Å². The van der Waals surface area contributed by atoms with Crippen molar-refractivity contribution in [1.29, 1.82) is 0 Å². The number of fused-ring (bicyclic) bond motifs is 1. The molecule has 7 nitrogen and oxygen atoms in total. The van der Waals surface area contributed by atoms with E-state index in [2.05, 4.69) is 15.6 Å². The molecule has 1 atom stereocenters. The number of aromatic nitrogens is 1. The van der Waals surface area contributed by atoms with Crippen molar-refractivity contribution >= 4 is 40.0 Å². The molecule has 0 bridgehead atoms. The van der Waals surface area contributed by atoms with Crippen molar-refractivity contribution in [3.63, 3.8) is 0 Å². The summed E-state index contributed by atoms with van der Waals surface area (Å²) in [4.78, 5) is 41.2. The fourth-order valence-corrected chi connectivity index (χ4v) is 3.31. The minimum atomic E-state index is -0.607. The third kappa shape index (κ3) is 4.44. The van der Waals surface area contributed by atoms with Crippen molar-refractivity contribution in [2.45, 2.75) is 13.0 Å². The van der Waals surface area contributed by atoms with Gasteiger partial charge in [0.1, 0.15) is 12.4 Å². The first-order valence-electron chi connectivity index (χ1n) is 9.15. The van der Waals surface area contributed by atoms with Crippen molar-refractivity contribution < 1.29 is 14.0 Å². The first-order valence-corrected chi connectivity index (χ1v) is 9.53. The summed E-state index contributed by atoms with van der Waals surface area (Å²) in [5, 5.41) is 6.15. The Balaban J connectivity index is 1.98. The number of halogens is 2. The molecule has 0 aliphatic heterocycles. The second-order valence-electron chi connectivity index (χ2n) is 6.65. The van der Waals surface area contributed by atoms with E-state index in [1.165, 1.54) is 30.3 Å². The number of rotatable bonds is 5. The summed E-state index contributed by atoms with van der Waals surface area (Å²) in [6, 6.07) is 9.66. The standard InChI is InChI=1S/C21H20ClFN4O3/c1-12(16-10-25-20(29)15-6-4-3-5-14(15)16)27(11-19(28)24-2)21(30)26-13-7-8-18(23)17(22)9-13/h3-10,12H,11H2,1-2H3,(H,24,28)(H,25,29)(H,26,30)/t12-/m1/s1. The van der Waals surface area contributed by atoms with Crippen LogP contribution in [0.2, 0.25) is 5.02 Å². The van der Waals surface area contributed by atoms with Gasteiger partial charge in [-0.25, -0.2) is 9.18 Å². The number of urea groups is 1. The third-order valence-corrected chi connectivity index (χ3v) is 5.07. The van der Waals surface area contributed by atoms with Crippen LogP contribution in [-0.2, 0) is 4.79 Å². The molecule has 2 aromatic carbocycles. The molecule has 0 aliphatic carbocycles. The maximum absolute atomic E-state index is 13.4. The summed E-state index contributed by atoms with van der Waals surface area (Å²) >= 11 is 5.78. The van der Waals surface area contributed by atoms with Gasteiger partial charge in [0.25, 0.3) is 5.56 Å².